The van der Waals surface area contributed by atoms with E-state index in [1.165, 1.54) is 29.4 Å². The third-order valence-electron chi connectivity index (χ3n) is 6.17. The van der Waals surface area contributed by atoms with E-state index in [1.807, 2.05) is 0 Å². The largest absolute Gasteiger partial charge is 0.327 e. The van der Waals surface area contributed by atoms with Crippen molar-refractivity contribution >= 4 is 15.9 Å². The zero-order valence-electron chi connectivity index (χ0n) is 12.3. The Kier molecular flexibility index (Phi) is 3.05. The molecule has 0 aliphatic heterocycles. The summed E-state index contributed by atoms with van der Waals surface area (Å²) in [5, 5.41) is 4.59. The van der Waals surface area contributed by atoms with Gasteiger partial charge in [0.15, 0.2) is 0 Å². The Bertz CT molecular complexity index is 522. The summed E-state index contributed by atoms with van der Waals surface area (Å²) >= 11 is 3.70. The Morgan fingerprint density at radius 3 is 2.60 bits per heavy atom. The van der Waals surface area contributed by atoms with Crippen LogP contribution in [0.25, 0.3) is 0 Å². The third kappa shape index (κ3) is 1.77. The van der Waals surface area contributed by atoms with Crippen LogP contribution in [0.15, 0.2) is 4.47 Å². The van der Waals surface area contributed by atoms with Gasteiger partial charge in [-0.3, -0.25) is 4.68 Å². The fourth-order valence-electron chi connectivity index (χ4n) is 5.39. The van der Waals surface area contributed by atoms with Crippen molar-refractivity contribution in [2.45, 2.75) is 52.1 Å². The highest BCUT2D eigenvalue weighted by molar-refractivity contribution is 9.10. The molecule has 3 nitrogen and oxygen atoms in total. The summed E-state index contributed by atoms with van der Waals surface area (Å²) in [6.45, 7) is 5.15. The van der Waals surface area contributed by atoms with Crippen LogP contribution in [-0.2, 0) is 13.0 Å². The summed E-state index contributed by atoms with van der Waals surface area (Å²) in [4.78, 5) is 0. The highest BCUT2D eigenvalue weighted by atomic mass is 79.9. The molecule has 5 unspecified atom stereocenters. The first-order chi connectivity index (χ1) is 9.61. The van der Waals surface area contributed by atoms with Gasteiger partial charge in [-0.05, 0) is 78.6 Å². The van der Waals surface area contributed by atoms with Crippen molar-refractivity contribution in [2.24, 2.45) is 35.3 Å². The highest BCUT2D eigenvalue weighted by Crippen LogP contribution is 2.70. The second-order valence-corrected chi connectivity index (χ2v) is 7.89. The number of aromatic nitrogens is 2. The number of fused-ring (bicyclic) bond motifs is 5. The van der Waals surface area contributed by atoms with E-state index in [0.29, 0.717) is 6.04 Å². The van der Waals surface area contributed by atoms with E-state index in [-0.39, 0.29) is 0 Å². The molecule has 1 aromatic rings. The van der Waals surface area contributed by atoms with Gasteiger partial charge in [0.1, 0.15) is 0 Å². The van der Waals surface area contributed by atoms with Crippen molar-refractivity contribution in [1.82, 2.24) is 9.78 Å². The van der Waals surface area contributed by atoms with Crippen LogP contribution in [0.4, 0.5) is 0 Å². The lowest BCUT2D eigenvalue weighted by molar-refractivity contribution is 0.403. The van der Waals surface area contributed by atoms with E-state index in [4.69, 9.17) is 5.73 Å². The predicted octanol–water partition coefficient (Wildman–Crippen LogP) is 3.14. The predicted molar refractivity (Wildman–Crippen MR) is 83.3 cm³/mol. The smallest absolute Gasteiger partial charge is 0.0738 e. The van der Waals surface area contributed by atoms with Gasteiger partial charge >= 0.3 is 0 Å². The second-order valence-electron chi connectivity index (χ2n) is 7.10. The SMILES string of the molecule is CCn1nc(C)c(Br)c1CC(N)C1C2C3CCC(C3)C12. The van der Waals surface area contributed by atoms with Crippen molar-refractivity contribution in [1.29, 1.82) is 0 Å². The van der Waals surface area contributed by atoms with Crippen molar-refractivity contribution in [2.75, 3.05) is 0 Å². The van der Waals surface area contributed by atoms with Crippen LogP contribution in [0.5, 0.6) is 0 Å². The molecular weight excluding hydrogens is 314 g/mol. The minimum atomic E-state index is 0.325. The minimum absolute atomic E-state index is 0.325. The number of nitrogens with two attached hydrogens (primary N) is 1. The average Bonchev–Trinajstić information content (AvgIpc) is 2.73. The van der Waals surface area contributed by atoms with Crippen LogP contribution in [0.3, 0.4) is 0 Å². The minimum Gasteiger partial charge on any atom is -0.327 e. The van der Waals surface area contributed by atoms with E-state index >= 15 is 0 Å². The zero-order chi connectivity index (χ0) is 14.0. The third-order valence-corrected chi connectivity index (χ3v) is 7.20. The molecule has 4 rings (SSSR count). The van der Waals surface area contributed by atoms with Gasteiger partial charge in [-0.25, -0.2) is 0 Å². The van der Waals surface area contributed by atoms with Gasteiger partial charge in [-0.2, -0.15) is 5.10 Å². The maximum absolute atomic E-state index is 6.59. The van der Waals surface area contributed by atoms with Gasteiger partial charge in [0.05, 0.1) is 15.9 Å². The quantitative estimate of drug-likeness (QED) is 0.917. The summed E-state index contributed by atoms with van der Waals surface area (Å²) < 4.78 is 3.29. The molecule has 3 saturated carbocycles. The Morgan fingerprint density at radius 1 is 1.35 bits per heavy atom. The van der Waals surface area contributed by atoms with E-state index in [1.54, 1.807) is 0 Å². The summed E-state index contributed by atoms with van der Waals surface area (Å²) in [5.74, 6) is 4.78. The average molecular weight is 338 g/mol. The lowest BCUT2D eigenvalue weighted by Gasteiger charge is -2.17. The van der Waals surface area contributed by atoms with Crippen LogP contribution in [0, 0.1) is 36.5 Å². The molecule has 3 fully saturated rings. The molecule has 5 atom stereocenters. The van der Waals surface area contributed by atoms with Crippen LogP contribution in [0.2, 0.25) is 0 Å². The summed E-state index contributed by atoms with van der Waals surface area (Å²) in [7, 11) is 0. The lowest BCUT2D eigenvalue weighted by Crippen LogP contribution is -2.29. The van der Waals surface area contributed by atoms with Crippen molar-refractivity contribution in [3.05, 3.63) is 15.9 Å². The number of rotatable bonds is 4. The van der Waals surface area contributed by atoms with Gasteiger partial charge in [0.2, 0.25) is 0 Å². The number of nitrogens with zero attached hydrogens (tertiary/aromatic N) is 2. The molecule has 3 aliphatic carbocycles. The zero-order valence-corrected chi connectivity index (χ0v) is 13.9. The molecule has 2 bridgehead atoms. The molecule has 4 heteroatoms. The number of aryl methyl sites for hydroxylation is 2. The number of hydrogen-bond acceptors (Lipinski definition) is 2. The highest BCUT2D eigenvalue weighted by Gasteiger charge is 2.66. The fraction of sp³-hybridized carbons (Fsp3) is 0.812. The molecule has 110 valence electrons. The van der Waals surface area contributed by atoms with Crippen LogP contribution in [0.1, 0.15) is 37.6 Å². The molecule has 1 aromatic heterocycles. The Labute approximate surface area is 129 Å². The van der Waals surface area contributed by atoms with Gasteiger partial charge in [-0.1, -0.05) is 0 Å². The molecule has 0 amide bonds. The molecule has 0 spiro atoms. The molecule has 0 saturated heterocycles. The molecule has 0 aromatic carbocycles. The van der Waals surface area contributed by atoms with Crippen molar-refractivity contribution in [3.8, 4) is 0 Å². The normalized spacial score (nSPS) is 39.1. The van der Waals surface area contributed by atoms with E-state index in [9.17, 15) is 0 Å². The molecular formula is C16H24BrN3. The number of halogens is 1. The molecule has 20 heavy (non-hydrogen) atoms. The van der Waals surface area contributed by atoms with E-state index in [2.05, 4.69) is 39.6 Å². The standard InChI is InChI=1S/C16H24BrN3/c1-3-20-12(16(17)8(2)19-20)7-11(18)15-13-9-4-5-10(6-9)14(13)15/h9-11,13-15H,3-7,18H2,1-2H3. The van der Waals surface area contributed by atoms with E-state index in [0.717, 1.165) is 48.2 Å². The molecule has 0 radical (unpaired) electrons. The van der Waals surface area contributed by atoms with Crippen molar-refractivity contribution in [3.63, 3.8) is 0 Å². The first-order valence-electron chi connectivity index (χ1n) is 8.09. The summed E-state index contributed by atoms with van der Waals surface area (Å²) in [5.41, 5.74) is 8.98. The summed E-state index contributed by atoms with van der Waals surface area (Å²) in [6, 6.07) is 0.325. The monoisotopic (exact) mass is 337 g/mol. The first-order valence-corrected chi connectivity index (χ1v) is 8.88. The summed E-state index contributed by atoms with van der Waals surface area (Å²) in [6.07, 6.45) is 5.44. The first kappa shape index (κ1) is 13.3. The Morgan fingerprint density at radius 2 is 2.00 bits per heavy atom. The van der Waals surface area contributed by atoms with Gasteiger partial charge in [-0.15, -0.1) is 0 Å². The topological polar surface area (TPSA) is 43.8 Å². The second kappa shape index (κ2) is 4.57. The van der Waals surface area contributed by atoms with Gasteiger partial charge in [0.25, 0.3) is 0 Å². The van der Waals surface area contributed by atoms with Gasteiger partial charge < -0.3 is 5.73 Å². The maximum atomic E-state index is 6.59. The number of hydrogen-bond donors (Lipinski definition) is 1. The van der Waals surface area contributed by atoms with Crippen LogP contribution >= 0.6 is 15.9 Å². The Balaban J connectivity index is 1.50. The van der Waals surface area contributed by atoms with Crippen LogP contribution in [-0.4, -0.2) is 15.8 Å². The van der Waals surface area contributed by atoms with Crippen molar-refractivity contribution < 1.29 is 0 Å². The Hall–Kier alpha value is -0.350. The maximum Gasteiger partial charge on any atom is 0.0738 e. The van der Waals surface area contributed by atoms with Crippen LogP contribution < -0.4 is 5.73 Å². The van der Waals surface area contributed by atoms with E-state index < -0.39 is 0 Å². The van der Waals surface area contributed by atoms with Gasteiger partial charge in [0, 0.05) is 19.0 Å². The fourth-order valence-corrected chi connectivity index (χ4v) is 5.83. The lowest BCUT2D eigenvalue weighted by atomic mass is 9.95. The molecule has 1 heterocycles. The molecule has 2 N–H and O–H groups in total. The molecule has 3 aliphatic rings.